The third-order valence-corrected chi connectivity index (χ3v) is 2.67. The monoisotopic (exact) mass is 224 g/mol. The van der Waals surface area contributed by atoms with Crippen LogP contribution in [0.1, 0.15) is 24.2 Å². The summed E-state index contributed by atoms with van der Waals surface area (Å²) < 4.78 is 12.9. The lowest BCUT2D eigenvalue weighted by Gasteiger charge is -2.19. The van der Waals surface area contributed by atoms with Gasteiger partial charge in [-0.15, -0.1) is 0 Å². The van der Waals surface area contributed by atoms with Crippen molar-refractivity contribution in [1.29, 1.82) is 0 Å². The average Bonchev–Trinajstić information content (AvgIpc) is 2.27. The van der Waals surface area contributed by atoms with Gasteiger partial charge < -0.3 is 11.1 Å². The average molecular weight is 224 g/mol. The van der Waals surface area contributed by atoms with Crippen LogP contribution >= 0.6 is 0 Å². The van der Waals surface area contributed by atoms with Crippen LogP contribution in [0.15, 0.2) is 24.3 Å². The largest absolute Gasteiger partial charge is 0.349 e. The molecule has 16 heavy (non-hydrogen) atoms. The zero-order valence-electron chi connectivity index (χ0n) is 9.53. The van der Waals surface area contributed by atoms with Gasteiger partial charge in [-0.1, -0.05) is 13.0 Å². The van der Waals surface area contributed by atoms with E-state index in [1.807, 2.05) is 13.8 Å². The molecule has 0 saturated heterocycles. The molecule has 1 amide bonds. The van der Waals surface area contributed by atoms with Gasteiger partial charge in [-0.2, -0.15) is 0 Å². The minimum atomic E-state index is -0.410. The molecule has 0 bridgehead atoms. The highest BCUT2D eigenvalue weighted by atomic mass is 19.1. The van der Waals surface area contributed by atoms with Crippen LogP contribution in [0.3, 0.4) is 0 Å². The van der Waals surface area contributed by atoms with Crippen LogP contribution in [0.2, 0.25) is 0 Å². The van der Waals surface area contributed by atoms with E-state index in [2.05, 4.69) is 5.32 Å². The fourth-order valence-corrected chi connectivity index (χ4v) is 1.27. The quantitative estimate of drug-likeness (QED) is 0.815. The molecule has 2 unspecified atom stereocenters. The molecule has 0 spiro atoms. The fraction of sp³-hybridized carbons (Fsp3) is 0.417. The van der Waals surface area contributed by atoms with Gasteiger partial charge >= 0.3 is 0 Å². The fourth-order valence-electron chi connectivity index (χ4n) is 1.27. The van der Waals surface area contributed by atoms with Gasteiger partial charge in [0, 0.05) is 11.6 Å². The molecule has 88 valence electrons. The van der Waals surface area contributed by atoms with Crippen molar-refractivity contribution in [2.24, 2.45) is 11.7 Å². The number of carbonyl (C=O) groups excluding carboxylic acids is 1. The standard InChI is InChI=1S/C12H17FN2O/c1-8(7-14)9(2)15-12(16)10-4-3-5-11(13)6-10/h3-6,8-9H,7,14H2,1-2H3,(H,15,16). The Morgan fingerprint density at radius 3 is 2.75 bits per heavy atom. The van der Waals surface area contributed by atoms with Gasteiger partial charge in [0.2, 0.25) is 0 Å². The molecule has 0 heterocycles. The highest BCUT2D eigenvalue weighted by Gasteiger charge is 2.14. The topological polar surface area (TPSA) is 55.1 Å². The summed E-state index contributed by atoms with van der Waals surface area (Å²) in [5.41, 5.74) is 5.83. The third-order valence-electron chi connectivity index (χ3n) is 2.67. The van der Waals surface area contributed by atoms with E-state index in [-0.39, 0.29) is 17.9 Å². The molecular formula is C12H17FN2O. The zero-order chi connectivity index (χ0) is 12.1. The van der Waals surface area contributed by atoms with E-state index in [1.165, 1.54) is 18.2 Å². The van der Waals surface area contributed by atoms with Crippen molar-refractivity contribution in [3.63, 3.8) is 0 Å². The van der Waals surface area contributed by atoms with Gasteiger partial charge in [0.05, 0.1) is 0 Å². The molecule has 0 radical (unpaired) electrons. The molecule has 0 fully saturated rings. The molecule has 0 aliphatic heterocycles. The summed E-state index contributed by atoms with van der Waals surface area (Å²) in [4.78, 5) is 11.7. The van der Waals surface area contributed by atoms with Crippen LogP contribution in [0.5, 0.6) is 0 Å². The lowest BCUT2D eigenvalue weighted by Crippen LogP contribution is -2.39. The first-order valence-corrected chi connectivity index (χ1v) is 5.31. The number of hydrogen-bond donors (Lipinski definition) is 2. The third kappa shape index (κ3) is 3.31. The van der Waals surface area contributed by atoms with Crippen molar-refractivity contribution in [3.8, 4) is 0 Å². The highest BCUT2D eigenvalue weighted by molar-refractivity contribution is 5.94. The van der Waals surface area contributed by atoms with Crippen molar-refractivity contribution < 1.29 is 9.18 Å². The predicted octanol–water partition coefficient (Wildman–Crippen LogP) is 1.54. The van der Waals surface area contributed by atoms with E-state index >= 15 is 0 Å². The normalized spacial score (nSPS) is 14.2. The van der Waals surface area contributed by atoms with Crippen molar-refractivity contribution in [2.75, 3.05) is 6.54 Å². The Bertz CT molecular complexity index is 368. The lowest BCUT2D eigenvalue weighted by atomic mass is 10.0. The summed E-state index contributed by atoms with van der Waals surface area (Å²) in [5.74, 6) is -0.489. The Morgan fingerprint density at radius 2 is 2.19 bits per heavy atom. The maximum absolute atomic E-state index is 12.9. The molecule has 3 N–H and O–H groups in total. The second kappa shape index (κ2) is 5.61. The van der Waals surface area contributed by atoms with E-state index in [0.717, 1.165) is 0 Å². The number of halogens is 1. The molecule has 0 aliphatic rings. The molecule has 1 rings (SSSR count). The number of benzene rings is 1. The van der Waals surface area contributed by atoms with Gasteiger partial charge in [-0.25, -0.2) is 4.39 Å². The number of nitrogens with one attached hydrogen (secondary N) is 1. The number of rotatable bonds is 4. The van der Waals surface area contributed by atoms with Crippen molar-refractivity contribution in [2.45, 2.75) is 19.9 Å². The first-order chi connectivity index (χ1) is 7.54. The highest BCUT2D eigenvalue weighted by Crippen LogP contribution is 2.05. The SMILES string of the molecule is CC(CN)C(C)NC(=O)c1cccc(F)c1. The number of amides is 1. The van der Waals surface area contributed by atoms with E-state index in [4.69, 9.17) is 5.73 Å². The van der Waals surface area contributed by atoms with Crippen molar-refractivity contribution >= 4 is 5.91 Å². The predicted molar refractivity (Wildman–Crippen MR) is 61.5 cm³/mol. The van der Waals surface area contributed by atoms with Crippen LogP contribution in [0.4, 0.5) is 4.39 Å². The van der Waals surface area contributed by atoms with Crippen LogP contribution in [0.25, 0.3) is 0 Å². The summed E-state index contributed by atoms with van der Waals surface area (Å²) in [6.07, 6.45) is 0. The molecule has 0 saturated carbocycles. The second-order valence-electron chi connectivity index (χ2n) is 3.99. The second-order valence-corrected chi connectivity index (χ2v) is 3.99. The van der Waals surface area contributed by atoms with Crippen molar-refractivity contribution in [3.05, 3.63) is 35.6 Å². The van der Waals surface area contributed by atoms with E-state index in [0.29, 0.717) is 12.1 Å². The molecule has 2 atom stereocenters. The van der Waals surface area contributed by atoms with Gasteiger partial charge in [-0.05, 0) is 37.6 Å². The molecular weight excluding hydrogens is 207 g/mol. The summed E-state index contributed by atoms with van der Waals surface area (Å²) in [5, 5.41) is 2.79. The molecule has 0 aromatic heterocycles. The summed E-state index contributed by atoms with van der Waals surface area (Å²) in [6, 6.07) is 5.60. The Balaban J connectivity index is 2.66. The Morgan fingerprint density at radius 1 is 1.50 bits per heavy atom. The summed E-state index contributed by atoms with van der Waals surface area (Å²) in [7, 11) is 0. The minimum Gasteiger partial charge on any atom is -0.349 e. The summed E-state index contributed by atoms with van der Waals surface area (Å²) >= 11 is 0. The van der Waals surface area contributed by atoms with E-state index < -0.39 is 5.82 Å². The maximum atomic E-state index is 12.9. The van der Waals surface area contributed by atoms with E-state index in [1.54, 1.807) is 6.07 Å². The first-order valence-electron chi connectivity index (χ1n) is 5.31. The lowest BCUT2D eigenvalue weighted by molar-refractivity contribution is 0.0929. The van der Waals surface area contributed by atoms with Gasteiger partial charge in [0.15, 0.2) is 0 Å². The molecule has 0 aliphatic carbocycles. The molecule has 4 heteroatoms. The number of nitrogens with two attached hydrogens (primary N) is 1. The van der Waals surface area contributed by atoms with Crippen LogP contribution in [-0.2, 0) is 0 Å². The van der Waals surface area contributed by atoms with Crippen LogP contribution < -0.4 is 11.1 Å². The van der Waals surface area contributed by atoms with Gasteiger partial charge in [0.25, 0.3) is 5.91 Å². The number of hydrogen-bond acceptors (Lipinski definition) is 2. The Labute approximate surface area is 94.8 Å². The smallest absolute Gasteiger partial charge is 0.251 e. The van der Waals surface area contributed by atoms with Crippen LogP contribution in [-0.4, -0.2) is 18.5 Å². The van der Waals surface area contributed by atoms with Gasteiger partial charge in [0.1, 0.15) is 5.82 Å². The van der Waals surface area contributed by atoms with Crippen molar-refractivity contribution in [1.82, 2.24) is 5.32 Å². The maximum Gasteiger partial charge on any atom is 0.251 e. The van der Waals surface area contributed by atoms with Gasteiger partial charge in [-0.3, -0.25) is 4.79 Å². The zero-order valence-corrected chi connectivity index (χ0v) is 9.53. The van der Waals surface area contributed by atoms with E-state index in [9.17, 15) is 9.18 Å². The number of carbonyl (C=O) groups is 1. The Hall–Kier alpha value is -1.42. The Kier molecular flexibility index (Phi) is 4.43. The minimum absolute atomic E-state index is 0.0271. The van der Waals surface area contributed by atoms with Crippen LogP contribution in [0, 0.1) is 11.7 Å². The summed E-state index contributed by atoms with van der Waals surface area (Å²) in [6.45, 7) is 4.34. The molecule has 1 aromatic carbocycles. The first kappa shape index (κ1) is 12.6. The molecule has 3 nitrogen and oxygen atoms in total. The molecule has 1 aromatic rings.